The Bertz CT molecular complexity index is 583. The highest BCUT2D eigenvalue weighted by Crippen LogP contribution is 2.22. The molecule has 2 aliphatic rings. The van der Waals surface area contributed by atoms with Gasteiger partial charge in [0.25, 0.3) is 5.91 Å². The van der Waals surface area contributed by atoms with Crippen LogP contribution in [0, 0.1) is 5.92 Å². The lowest BCUT2D eigenvalue weighted by atomic mass is 9.90. The fourth-order valence-electron chi connectivity index (χ4n) is 3.31. The van der Waals surface area contributed by atoms with E-state index in [1.165, 1.54) is 0 Å². The second-order valence-corrected chi connectivity index (χ2v) is 6.42. The summed E-state index contributed by atoms with van der Waals surface area (Å²) in [5.41, 5.74) is 7.45. The molecule has 0 spiro atoms. The molecule has 2 fully saturated rings. The minimum atomic E-state index is -0.0814. The minimum absolute atomic E-state index is 0. The van der Waals surface area contributed by atoms with Gasteiger partial charge in [0.15, 0.2) is 0 Å². The lowest BCUT2D eigenvalue weighted by Crippen LogP contribution is -2.42. The topological polar surface area (TPSA) is 78.7 Å². The summed E-state index contributed by atoms with van der Waals surface area (Å²) >= 11 is 0. The van der Waals surface area contributed by atoms with Crippen molar-refractivity contribution in [1.82, 2.24) is 10.2 Å². The Kier molecular flexibility index (Phi) is 6.07. The molecule has 1 unspecified atom stereocenters. The smallest absolute Gasteiger partial charge is 0.321 e. The molecular weight excluding hydrogens is 328 g/mol. The summed E-state index contributed by atoms with van der Waals surface area (Å²) in [5, 5.41) is 2.77. The fraction of sp³-hybridized carbons (Fsp3) is 0.529. The monoisotopic (exact) mass is 352 g/mol. The second-order valence-electron chi connectivity index (χ2n) is 6.42. The van der Waals surface area contributed by atoms with Crippen LogP contribution in [0.2, 0.25) is 0 Å². The van der Waals surface area contributed by atoms with E-state index >= 15 is 0 Å². The summed E-state index contributed by atoms with van der Waals surface area (Å²) in [6.07, 6.45) is 1.94. The molecule has 7 heteroatoms. The number of hydrogen-bond donors (Lipinski definition) is 2. The van der Waals surface area contributed by atoms with Gasteiger partial charge in [-0.1, -0.05) is 0 Å². The van der Waals surface area contributed by atoms with E-state index in [-0.39, 0.29) is 30.4 Å². The van der Waals surface area contributed by atoms with Crippen LogP contribution in [0.5, 0.6) is 0 Å². The second kappa shape index (κ2) is 7.85. The van der Waals surface area contributed by atoms with E-state index in [1.54, 1.807) is 17.0 Å². The lowest BCUT2D eigenvalue weighted by molar-refractivity contribution is 0.0681. The molecule has 1 aromatic carbocycles. The predicted octanol–water partition coefficient (Wildman–Crippen LogP) is 1.84. The van der Waals surface area contributed by atoms with Crippen molar-refractivity contribution in [2.45, 2.75) is 25.8 Å². The van der Waals surface area contributed by atoms with Crippen molar-refractivity contribution >= 4 is 30.0 Å². The molecule has 2 aliphatic heterocycles. The average Bonchev–Trinajstić information content (AvgIpc) is 3.00. The molecule has 0 aliphatic carbocycles. The van der Waals surface area contributed by atoms with Gasteiger partial charge in [-0.05, 0) is 49.9 Å². The Morgan fingerprint density at radius 3 is 2.33 bits per heavy atom. The number of urea groups is 1. The Morgan fingerprint density at radius 1 is 1.21 bits per heavy atom. The number of benzene rings is 1. The summed E-state index contributed by atoms with van der Waals surface area (Å²) in [6.45, 7) is 4.89. The third kappa shape index (κ3) is 3.82. The first-order valence-electron chi connectivity index (χ1n) is 8.26. The third-order valence-electron chi connectivity index (χ3n) is 4.85. The molecule has 0 radical (unpaired) electrons. The van der Waals surface area contributed by atoms with Crippen LogP contribution in [0.25, 0.3) is 0 Å². The number of rotatable bonds is 3. The zero-order chi connectivity index (χ0) is 16.4. The minimum Gasteiger partial charge on any atom is -0.339 e. The molecule has 3 amide bonds. The van der Waals surface area contributed by atoms with E-state index in [0.717, 1.165) is 31.6 Å². The molecule has 0 bridgehead atoms. The first-order chi connectivity index (χ1) is 11.1. The number of anilines is 1. The number of nitrogens with one attached hydrogen (secondary N) is 1. The molecule has 24 heavy (non-hydrogen) atoms. The number of likely N-dealkylation sites (tertiary alicyclic amines) is 1. The normalized spacial score (nSPS) is 19.7. The number of carbonyl (C=O) groups excluding carboxylic acids is 2. The van der Waals surface area contributed by atoms with Crippen LogP contribution in [0.1, 0.15) is 30.1 Å². The summed E-state index contributed by atoms with van der Waals surface area (Å²) < 4.78 is 0. The van der Waals surface area contributed by atoms with Crippen molar-refractivity contribution in [2.24, 2.45) is 11.7 Å². The van der Waals surface area contributed by atoms with Gasteiger partial charge in [0.05, 0.1) is 0 Å². The van der Waals surface area contributed by atoms with Crippen molar-refractivity contribution in [1.29, 1.82) is 0 Å². The van der Waals surface area contributed by atoms with E-state index in [9.17, 15) is 9.59 Å². The van der Waals surface area contributed by atoms with Gasteiger partial charge in [0, 0.05) is 43.5 Å². The van der Waals surface area contributed by atoms with Crippen molar-refractivity contribution in [3.05, 3.63) is 29.8 Å². The fourth-order valence-corrected chi connectivity index (χ4v) is 3.31. The maximum atomic E-state index is 12.6. The van der Waals surface area contributed by atoms with Gasteiger partial charge in [0.1, 0.15) is 0 Å². The summed E-state index contributed by atoms with van der Waals surface area (Å²) in [4.78, 5) is 27.8. The molecule has 3 N–H and O–H groups in total. The number of amides is 3. The average molecular weight is 353 g/mol. The van der Waals surface area contributed by atoms with E-state index in [4.69, 9.17) is 5.73 Å². The Balaban J connectivity index is 0.00000208. The van der Waals surface area contributed by atoms with Crippen LogP contribution in [-0.2, 0) is 0 Å². The molecule has 3 rings (SSSR count). The highest BCUT2D eigenvalue weighted by molar-refractivity contribution is 5.97. The zero-order valence-electron chi connectivity index (χ0n) is 13.9. The van der Waals surface area contributed by atoms with Gasteiger partial charge in [-0.3, -0.25) is 9.69 Å². The van der Waals surface area contributed by atoms with Crippen molar-refractivity contribution < 1.29 is 9.59 Å². The first-order valence-corrected chi connectivity index (χ1v) is 8.26. The third-order valence-corrected chi connectivity index (χ3v) is 4.85. The number of nitrogens with two attached hydrogens (primary N) is 1. The van der Waals surface area contributed by atoms with E-state index in [1.807, 2.05) is 24.0 Å². The van der Waals surface area contributed by atoms with E-state index < -0.39 is 0 Å². The largest absolute Gasteiger partial charge is 0.339 e. The van der Waals surface area contributed by atoms with Gasteiger partial charge in [-0.15, -0.1) is 12.4 Å². The molecule has 0 saturated carbocycles. The Labute approximate surface area is 148 Å². The van der Waals surface area contributed by atoms with Gasteiger partial charge in [-0.25, -0.2) is 4.79 Å². The van der Waals surface area contributed by atoms with Gasteiger partial charge >= 0.3 is 6.03 Å². The highest BCUT2D eigenvalue weighted by atomic mass is 35.5. The number of piperidine rings is 1. The van der Waals surface area contributed by atoms with Crippen LogP contribution in [0.15, 0.2) is 24.3 Å². The SMILES string of the molecule is CC(N)C1CCN(C(=O)c2ccc(N3CCNC3=O)cc2)CC1.Cl. The molecular formula is C17H25ClN4O2. The molecule has 2 heterocycles. The molecule has 1 aromatic rings. The molecule has 1 atom stereocenters. The molecule has 6 nitrogen and oxygen atoms in total. The van der Waals surface area contributed by atoms with Crippen molar-refractivity contribution in [3.63, 3.8) is 0 Å². The lowest BCUT2D eigenvalue weighted by Gasteiger charge is -2.33. The molecule has 0 aromatic heterocycles. The van der Waals surface area contributed by atoms with Crippen LogP contribution >= 0.6 is 12.4 Å². The van der Waals surface area contributed by atoms with Crippen LogP contribution in [0.4, 0.5) is 10.5 Å². The summed E-state index contributed by atoms with van der Waals surface area (Å²) in [7, 11) is 0. The Morgan fingerprint density at radius 2 is 1.83 bits per heavy atom. The van der Waals surface area contributed by atoms with Crippen LogP contribution in [0.3, 0.4) is 0 Å². The van der Waals surface area contributed by atoms with Crippen LogP contribution < -0.4 is 16.0 Å². The van der Waals surface area contributed by atoms with Crippen molar-refractivity contribution in [3.8, 4) is 0 Å². The van der Waals surface area contributed by atoms with Gasteiger partial charge in [0.2, 0.25) is 0 Å². The number of halogens is 1. The van der Waals surface area contributed by atoms with Gasteiger partial charge in [-0.2, -0.15) is 0 Å². The first kappa shape index (κ1) is 18.5. The maximum Gasteiger partial charge on any atom is 0.321 e. The molecule has 132 valence electrons. The predicted molar refractivity (Wildman–Crippen MR) is 96.7 cm³/mol. The highest BCUT2D eigenvalue weighted by Gasteiger charge is 2.26. The number of carbonyl (C=O) groups is 2. The maximum absolute atomic E-state index is 12.6. The summed E-state index contributed by atoms with van der Waals surface area (Å²) in [5.74, 6) is 0.570. The quantitative estimate of drug-likeness (QED) is 0.871. The van der Waals surface area contributed by atoms with E-state index in [2.05, 4.69) is 5.32 Å². The van der Waals surface area contributed by atoms with Crippen molar-refractivity contribution in [2.75, 3.05) is 31.1 Å². The molecule has 2 saturated heterocycles. The Hall–Kier alpha value is -1.79. The van der Waals surface area contributed by atoms with Gasteiger partial charge < -0.3 is 16.0 Å². The van der Waals surface area contributed by atoms with Crippen LogP contribution in [-0.4, -0.2) is 49.1 Å². The zero-order valence-corrected chi connectivity index (χ0v) is 14.7. The number of hydrogen-bond acceptors (Lipinski definition) is 3. The number of nitrogens with zero attached hydrogens (tertiary/aromatic N) is 2. The van der Waals surface area contributed by atoms with E-state index in [0.29, 0.717) is 24.6 Å². The standard InChI is InChI=1S/C17H24N4O2.ClH/c1-12(18)13-6-9-20(10-7-13)16(22)14-2-4-15(5-3-14)21-11-8-19-17(21)23;/h2-5,12-13H,6-11,18H2,1H3,(H,19,23);1H. The summed E-state index contributed by atoms with van der Waals surface area (Å²) in [6, 6.07) is 7.40.